The maximum Gasteiger partial charge on any atom is 0.335 e. The molecule has 6 nitrogen and oxygen atoms in total. The predicted molar refractivity (Wildman–Crippen MR) is 58.2 cm³/mol. The van der Waals surface area contributed by atoms with E-state index in [-0.39, 0.29) is 23.3 Å². The molecular weight excluding hydrogens is 259 g/mol. The van der Waals surface area contributed by atoms with E-state index in [1.165, 1.54) is 0 Å². The molecule has 16 heavy (non-hydrogen) atoms. The number of amides is 2. The zero-order valence-corrected chi connectivity index (χ0v) is 9.73. The number of hydrogen-bond acceptors (Lipinski definition) is 4. The molecule has 8 heteroatoms. The van der Waals surface area contributed by atoms with Crippen LogP contribution in [0.2, 0.25) is 0 Å². The Morgan fingerprint density at radius 3 is 1.50 bits per heavy atom. The number of halogens is 2. The Kier molecular flexibility index (Phi) is 7.57. The summed E-state index contributed by atoms with van der Waals surface area (Å²) in [6.07, 6.45) is 0. The highest BCUT2D eigenvalue weighted by molar-refractivity contribution is 6.34. The summed E-state index contributed by atoms with van der Waals surface area (Å²) in [6.45, 7) is 6.39. The Morgan fingerprint density at radius 1 is 0.938 bits per heavy atom. The lowest BCUT2D eigenvalue weighted by Gasteiger charge is -2.05. The van der Waals surface area contributed by atoms with Gasteiger partial charge >= 0.3 is 11.8 Å². The number of nitrogens with one attached hydrogen (secondary N) is 2. The fraction of sp³-hybridized carbons (Fsp3) is 0.250. The Hall–Kier alpha value is -1.08. The van der Waals surface area contributed by atoms with Crippen LogP contribution in [0.15, 0.2) is 23.2 Å². The Morgan fingerprint density at radius 2 is 1.25 bits per heavy atom. The van der Waals surface area contributed by atoms with Crippen molar-refractivity contribution in [2.24, 2.45) is 0 Å². The Balaban J connectivity index is 3.69. The van der Waals surface area contributed by atoms with E-state index < -0.39 is 11.8 Å². The molecule has 0 saturated heterocycles. The summed E-state index contributed by atoms with van der Waals surface area (Å²) in [4.78, 5) is 30.9. The van der Waals surface area contributed by atoms with Crippen LogP contribution in [0.3, 0.4) is 0 Å². The summed E-state index contributed by atoms with van der Waals surface area (Å²) < 4.78 is 0. The fourth-order valence-corrected chi connectivity index (χ4v) is 0.562. The van der Waals surface area contributed by atoms with E-state index >= 15 is 0 Å². The molecule has 0 bridgehead atoms. The van der Waals surface area contributed by atoms with Crippen molar-refractivity contribution in [2.45, 2.75) is 0 Å². The van der Waals surface area contributed by atoms with E-state index in [9.17, 15) is 9.59 Å². The van der Waals surface area contributed by atoms with Gasteiger partial charge in [0, 0.05) is 10.1 Å². The van der Waals surface area contributed by atoms with Gasteiger partial charge in [-0.3, -0.25) is 19.3 Å². The lowest BCUT2D eigenvalue weighted by molar-refractivity contribution is -0.152. The van der Waals surface area contributed by atoms with Gasteiger partial charge in [-0.15, -0.1) is 0 Å². The van der Waals surface area contributed by atoms with Gasteiger partial charge < -0.3 is 0 Å². The van der Waals surface area contributed by atoms with E-state index in [2.05, 4.69) is 22.8 Å². The third kappa shape index (κ3) is 8.25. The van der Waals surface area contributed by atoms with Crippen LogP contribution >= 0.6 is 23.2 Å². The van der Waals surface area contributed by atoms with E-state index in [0.717, 1.165) is 0 Å². The molecule has 0 aromatic carbocycles. The average molecular weight is 269 g/mol. The molecule has 0 atom stereocenters. The van der Waals surface area contributed by atoms with Crippen molar-refractivity contribution in [1.29, 1.82) is 0 Å². The van der Waals surface area contributed by atoms with Gasteiger partial charge in [0.25, 0.3) is 0 Å². The minimum absolute atomic E-state index is 0.111. The van der Waals surface area contributed by atoms with E-state index in [4.69, 9.17) is 23.2 Å². The fourth-order valence-electron chi connectivity index (χ4n) is 0.453. The summed E-state index contributed by atoms with van der Waals surface area (Å²) in [5.74, 6) is -2.09. The van der Waals surface area contributed by atoms with Crippen molar-refractivity contribution in [2.75, 3.05) is 13.2 Å². The molecule has 0 saturated carbocycles. The molecule has 0 unspecified atom stereocenters. The maximum atomic E-state index is 10.9. The van der Waals surface area contributed by atoms with Gasteiger partial charge in [0.2, 0.25) is 0 Å². The zero-order valence-electron chi connectivity index (χ0n) is 8.22. The van der Waals surface area contributed by atoms with Crippen LogP contribution in [-0.4, -0.2) is 25.0 Å². The molecule has 0 radical (unpaired) electrons. The van der Waals surface area contributed by atoms with Crippen LogP contribution in [0.25, 0.3) is 0 Å². The smallest absolute Gasteiger partial charge is 0.268 e. The summed E-state index contributed by atoms with van der Waals surface area (Å²) in [7, 11) is 0. The highest BCUT2D eigenvalue weighted by atomic mass is 35.5. The normalized spacial score (nSPS) is 9.38. The SMILES string of the molecule is C=C(Cl)CONC(=O)C(=O)NOCC(=C)Cl. The largest absolute Gasteiger partial charge is 0.335 e. The van der Waals surface area contributed by atoms with Crippen LogP contribution in [0.1, 0.15) is 0 Å². The first-order valence-electron chi connectivity index (χ1n) is 3.94. The zero-order chi connectivity index (χ0) is 12.6. The van der Waals surface area contributed by atoms with Gasteiger partial charge in [0.15, 0.2) is 0 Å². The number of carbonyl (C=O) groups excluding carboxylic acids is 2. The molecule has 0 fully saturated rings. The van der Waals surface area contributed by atoms with Gasteiger partial charge in [-0.2, -0.15) is 0 Å². The molecule has 0 aromatic rings. The van der Waals surface area contributed by atoms with Crippen LogP contribution in [-0.2, 0) is 19.3 Å². The van der Waals surface area contributed by atoms with E-state index in [1.807, 2.05) is 11.0 Å². The highest BCUT2D eigenvalue weighted by Crippen LogP contribution is 1.95. The standard InChI is InChI=1S/C8H10Cl2N2O4/c1-5(9)3-15-11-7(13)8(14)12-16-4-6(2)10/h1-4H2,(H,11,13)(H,12,14). The first kappa shape index (κ1) is 14.9. The van der Waals surface area contributed by atoms with Gasteiger partial charge in [0.1, 0.15) is 13.2 Å². The third-order valence-corrected chi connectivity index (χ3v) is 1.21. The van der Waals surface area contributed by atoms with Crippen molar-refractivity contribution in [3.8, 4) is 0 Å². The molecule has 0 rings (SSSR count). The van der Waals surface area contributed by atoms with Gasteiger partial charge in [-0.1, -0.05) is 36.4 Å². The molecule has 2 amide bonds. The molecule has 0 spiro atoms. The van der Waals surface area contributed by atoms with Crippen molar-refractivity contribution in [3.05, 3.63) is 23.2 Å². The number of hydroxylamine groups is 2. The topological polar surface area (TPSA) is 76.7 Å². The first-order valence-corrected chi connectivity index (χ1v) is 4.69. The van der Waals surface area contributed by atoms with E-state index in [1.54, 1.807) is 0 Å². The molecule has 0 aliphatic rings. The van der Waals surface area contributed by atoms with Gasteiger partial charge in [0.05, 0.1) is 0 Å². The highest BCUT2D eigenvalue weighted by Gasteiger charge is 2.13. The summed E-state index contributed by atoms with van der Waals surface area (Å²) in [5, 5.41) is 0.353. The quantitative estimate of drug-likeness (QED) is 0.546. The summed E-state index contributed by atoms with van der Waals surface area (Å²) in [6, 6.07) is 0. The number of rotatable bonds is 6. The number of hydrogen-bond donors (Lipinski definition) is 2. The third-order valence-electron chi connectivity index (χ3n) is 0.994. The molecule has 0 heterocycles. The van der Waals surface area contributed by atoms with Crippen LogP contribution in [0, 0.1) is 0 Å². The van der Waals surface area contributed by atoms with E-state index in [0.29, 0.717) is 0 Å². The van der Waals surface area contributed by atoms with Crippen molar-refractivity contribution >= 4 is 35.0 Å². The van der Waals surface area contributed by atoms with Crippen molar-refractivity contribution in [1.82, 2.24) is 11.0 Å². The van der Waals surface area contributed by atoms with Crippen LogP contribution in [0.4, 0.5) is 0 Å². The predicted octanol–water partition coefficient (Wildman–Crippen LogP) is 0.587. The van der Waals surface area contributed by atoms with Crippen molar-refractivity contribution < 1.29 is 19.3 Å². The lowest BCUT2D eigenvalue weighted by Crippen LogP contribution is -2.40. The monoisotopic (exact) mass is 268 g/mol. The molecule has 2 N–H and O–H groups in total. The summed E-state index contributed by atoms with van der Waals surface area (Å²) in [5.41, 5.74) is 3.64. The summed E-state index contributed by atoms with van der Waals surface area (Å²) >= 11 is 10.7. The van der Waals surface area contributed by atoms with Crippen molar-refractivity contribution in [3.63, 3.8) is 0 Å². The average Bonchev–Trinajstić information content (AvgIpc) is 2.16. The molecule has 0 aliphatic carbocycles. The van der Waals surface area contributed by atoms with Gasteiger partial charge in [-0.05, 0) is 0 Å². The second-order valence-electron chi connectivity index (χ2n) is 2.47. The minimum atomic E-state index is -1.04. The lowest BCUT2D eigenvalue weighted by atomic mass is 10.6. The molecule has 0 aromatic heterocycles. The first-order chi connectivity index (χ1) is 7.43. The Bertz CT molecular complexity index is 276. The maximum absolute atomic E-state index is 10.9. The second-order valence-corrected chi connectivity index (χ2v) is 3.54. The van der Waals surface area contributed by atoms with Crippen LogP contribution in [0.5, 0.6) is 0 Å². The Labute approximate surface area is 102 Å². The van der Waals surface area contributed by atoms with Gasteiger partial charge in [-0.25, -0.2) is 11.0 Å². The second kappa shape index (κ2) is 8.12. The number of carbonyl (C=O) groups is 2. The minimum Gasteiger partial charge on any atom is -0.268 e. The van der Waals surface area contributed by atoms with Crippen LogP contribution < -0.4 is 11.0 Å². The molecule has 90 valence electrons. The molecular formula is C8H10Cl2N2O4. The molecule has 0 aliphatic heterocycles.